The molecule has 0 spiro atoms. The molecule has 4 amide bonds. The number of hydrogen-bond donors (Lipinski definition) is 3. The summed E-state index contributed by atoms with van der Waals surface area (Å²) in [6.07, 6.45) is 0.376. The Labute approximate surface area is 320 Å². The van der Waals surface area contributed by atoms with Crippen LogP contribution in [0.5, 0.6) is 0 Å². The van der Waals surface area contributed by atoms with Gasteiger partial charge in [-0.3, -0.25) is 14.9 Å². The Morgan fingerprint density at radius 2 is 1.60 bits per heavy atom. The van der Waals surface area contributed by atoms with E-state index in [9.17, 15) is 22.8 Å². The second kappa shape index (κ2) is 17.2. The van der Waals surface area contributed by atoms with E-state index in [4.69, 9.17) is 32.7 Å². The van der Waals surface area contributed by atoms with E-state index in [-0.39, 0.29) is 50.8 Å². The summed E-state index contributed by atoms with van der Waals surface area (Å²) in [5.41, 5.74) is -2.02. The van der Waals surface area contributed by atoms with Gasteiger partial charge in [0.05, 0.1) is 17.7 Å². The number of rotatable bonds is 14. The monoisotopic (exact) mass is 789 g/mol. The number of alkyl carbamates (subject to hydrolysis) is 1. The highest BCUT2D eigenvalue weighted by molar-refractivity contribution is 7.93. The van der Waals surface area contributed by atoms with Gasteiger partial charge in [0.1, 0.15) is 11.6 Å². The van der Waals surface area contributed by atoms with Crippen LogP contribution in [0.25, 0.3) is 0 Å². The van der Waals surface area contributed by atoms with Crippen LogP contribution in [0.4, 0.5) is 21.0 Å². The summed E-state index contributed by atoms with van der Waals surface area (Å²) < 4.78 is 40.0. The van der Waals surface area contributed by atoms with Crippen molar-refractivity contribution in [1.82, 2.24) is 15.5 Å². The number of urea groups is 1. The van der Waals surface area contributed by atoms with Gasteiger partial charge in [-0.15, -0.1) is 0 Å². The normalized spacial score (nSPS) is 16.1. The third-order valence-corrected chi connectivity index (χ3v) is 10.8. The van der Waals surface area contributed by atoms with Crippen LogP contribution in [0.3, 0.4) is 0 Å². The number of carbonyl (C=O) groups excluding carboxylic acids is 4. The first-order chi connectivity index (χ1) is 25.0. The van der Waals surface area contributed by atoms with Gasteiger partial charge in [-0.2, -0.15) is 0 Å². The largest absolute Gasteiger partial charge is 0.468 e. The van der Waals surface area contributed by atoms with Crippen molar-refractivity contribution in [2.45, 2.75) is 76.0 Å². The van der Waals surface area contributed by atoms with E-state index in [0.717, 1.165) is 0 Å². The summed E-state index contributed by atoms with van der Waals surface area (Å²) in [5.74, 6) is -1.67. The second-order valence-corrected chi connectivity index (χ2v) is 15.9. The zero-order chi connectivity index (χ0) is 39.1. The number of unbranched alkanes of at least 4 members (excludes halogenated alkanes) is 1. The summed E-state index contributed by atoms with van der Waals surface area (Å²) in [6.45, 7) is 10.2. The fourth-order valence-electron chi connectivity index (χ4n) is 6.00. The zero-order valence-corrected chi connectivity index (χ0v) is 32.8. The molecule has 0 fully saturated rings. The maximum Gasteiger partial charge on any atom is 0.407 e. The fourth-order valence-corrected chi connectivity index (χ4v) is 7.92. The molecule has 2 atom stereocenters. The van der Waals surface area contributed by atoms with E-state index in [0.29, 0.717) is 35.9 Å². The van der Waals surface area contributed by atoms with E-state index in [1.807, 2.05) is 13.8 Å². The van der Waals surface area contributed by atoms with Crippen molar-refractivity contribution in [2.24, 2.45) is 0 Å². The third kappa shape index (κ3) is 9.23. The number of anilines is 2. The Hall–Kier alpha value is -4.37. The van der Waals surface area contributed by atoms with Crippen molar-refractivity contribution in [1.29, 1.82) is 0 Å². The van der Waals surface area contributed by atoms with E-state index in [2.05, 4.69) is 16.0 Å². The molecule has 13 nitrogen and oxygen atoms in total. The highest BCUT2D eigenvalue weighted by Gasteiger charge is 2.58. The minimum Gasteiger partial charge on any atom is -0.468 e. The number of sulfonamides is 1. The van der Waals surface area contributed by atoms with Crippen LogP contribution in [0.2, 0.25) is 10.0 Å². The minimum absolute atomic E-state index is 0.00379. The summed E-state index contributed by atoms with van der Waals surface area (Å²) >= 11 is 13.3. The average Bonchev–Trinajstić information content (AvgIpc) is 3.34. The van der Waals surface area contributed by atoms with Crippen molar-refractivity contribution in [3.05, 3.63) is 87.9 Å². The Balaban J connectivity index is 1.74. The molecular weight excluding hydrogens is 745 g/mol. The van der Waals surface area contributed by atoms with Gasteiger partial charge in [0, 0.05) is 46.5 Å². The molecule has 53 heavy (non-hydrogen) atoms. The summed E-state index contributed by atoms with van der Waals surface area (Å²) in [5, 5.41) is 8.91. The number of benzene rings is 3. The number of halogens is 2. The smallest absolute Gasteiger partial charge is 0.407 e. The molecule has 0 aliphatic carbocycles. The molecule has 0 saturated heterocycles. The van der Waals surface area contributed by atoms with Crippen LogP contribution in [-0.4, -0.2) is 75.7 Å². The number of ether oxygens (including phenoxy) is 2. The predicted molar refractivity (Wildman–Crippen MR) is 204 cm³/mol. The first-order valence-electron chi connectivity index (χ1n) is 17.1. The van der Waals surface area contributed by atoms with Crippen molar-refractivity contribution in [3.8, 4) is 0 Å². The SMILES string of the molecule is CCN(CC)C(=O)Nc1ccc(S(=O)(=O)N2C(=O)C(N[C@@H](CCCCNC(=O)OC(C)(C)C)C(=O)OC)(c3ccccc3Cl)c3cc(Cl)ccc32)cc1. The molecule has 16 heteroatoms. The quantitative estimate of drug-likeness (QED) is 0.120. The van der Waals surface area contributed by atoms with Gasteiger partial charge in [-0.1, -0.05) is 41.4 Å². The third-order valence-electron chi connectivity index (χ3n) is 8.52. The first-order valence-corrected chi connectivity index (χ1v) is 19.3. The number of methoxy groups -OCH3 is 1. The Morgan fingerprint density at radius 1 is 0.943 bits per heavy atom. The van der Waals surface area contributed by atoms with E-state index in [1.54, 1.807) is 49.9 Å². The number of hydrogen-bond acceptors (Lipinski definition) is 9. The molecule has 0 radical (unpaired) electrons. The Bertz CT molecular complexity index is 1930. The molecule has 0 aromatic heterocycles. The van der Waals surface area contributed by atoms with Gasteiger partial charge in [0.2, 0.25) is 0 Å². The lowest BCUT2D eigenvalue weighted by molar-refractivity contribution is -0.144. The fraction of sp³-hybridized carbons (Fsp3) is 0.405. The van der Waals surface area contributed by atoms with Gasteiger partial charge >= 0.3 is 18.1 Å². The first kappa shape index (κ1) is 41.4. The van der Waals surface area contributed by atoms with Crippen LogP contribution < -0.4 is 20.3 Å². The number of fused-ring (bicyclic) bond motifs is 1. The molecule has 1 heterocycles. The highest BCUT2D eigenvalue weighted by Crippen LogP contribution is 2.49. The standard InChI is InChI=1S/C37H45Cl2N5O8S/c1-7-43(8-2)34(47)41-25-17-19-26(20-18-25)53(49,50)44-31-21-16-24(38)23-28(31)37(33(44)46,27-13-9-10-14-29(27)39)42-30(32(45)51-6)15-11-12-22-40-35(48)52-36(3,4)5/h9-10,13-14,16-21,23,30,42H,7-8,11-12,15,22H2,1-6H3,(H,40,48)(H,41,47)/t30-,37?/m0/s1. The van der Waals surface area contributed by atoms with Crippen LogP contribution in [0.15, 0.2) is 71.6 Å². The molecule has 1 unspecified atom stereocenters. The highest BCUT2D eigenvalue weighted by atomic mass is 35.5. The maximum absolute atomic E-state index is 15.0. The van der Waals surface area contributed by atoms with E-state index in [1.165, 1.54) is 49.6 Å². The van der Waals surface area contributed by atoms with Crippen molar-refractivity contribution >= 4 is 68.6 Å². The number of esters is 1. The van der Waals surface area contributed by atoms with E-state index >= 15 is 4.79 Å². The van der Waals surface area contributed by atoms with Crippen molar-refractivity contribution < 1.29 is 37.1 Å². The average molecular weight is 791 g/mol. The van der Waals surface area contributed by atoms with Crippen molar-refractivity contribution in [2.75, 3.05) is 36.4 Å². The summed E-state index contributed by atoms with van der Waals surface area (Å²) in [6, 6.07) is 14.7. The number of amides is 4. The molecule has 0 saturated carbocycles. The topological polar surface area (TPSA) is 163 Å². The summed E-state index contributed by atoms with van der Waals surface area (Å²) in [4.78, 5) is 54.4. The molecule has 1 aliphatic rings. The van der Waals surface area contributed by atoms with Gasteiger partial charge < -0.3 is 25.0 Å². The van der Waals surface area contributed by atoms with Crippen LogP contribution >= 0.6 is 23.2 Å². The molecule has 4 rings (SSSR count). The van der Waals surface area contributed by atoms with Crippen LogP contribution in [0.1, 0.15) is 65.0 Å². The Morgan fingerprint density at radius 3 is 2.21 bits per heavy atom. The van der Waals surface area contributed by atoms with Gasteiger partial charge in [0.15, 0.2) is 5.54 Å². The number of carbonyl (C=O) groups is 4. The zero-order valence-electron chi connectivity index (χ0n) is 30.5. The number of nitrogens with zero attached hydrogens (tertiary/aromatic N) is 2. The van der Waals surface area contributed by atoms with Gasteiger partial charge in [-0.25, -0.2) is 22.3 Å². The predicted octanol–water partition coefficient (Wildman–Crippen LogP) is 6.67. The second-order valence-electron chi connectivity index (χ2n) is 13.2. The lowest BCUT2D eigenvalue weighted by Crippen LogP contribution is -2.58. The maximum atomic E-state index is 15.0. The van der Waals surface area contributed by atoms with Crippen LogP contribution in [0, 0.1) is 0 Å². The summed E-state index contributed by atoms with van der Waals surface area (Å²) in [7, 11) is -3.41. The minimum atomic E-state index is -4.62. The molecular formula is C37H45Cl2N5O8S. The molecule has 3 aromatic carbocycles. The van der Waals surface area contributed by atoms with Crippen LogP contribution in [-0.2, 0) is 34.6 Å². The van der Waals surface area contributed by atoms with Gasteiger partial charge in [0.25, 0.3) is 15.9 Å². The van der Waals surface area contributed by atoms with Crippen molar-refractivity contribution in [3.63, 3.8) is 0 Å². The lowest BCUT2D eigenvalue weighted by atomic mass is 9.82. The lowest BCUT2D eigenvalue weighted by Gasteiger charge is -2.34. The molecule has 0 bridgehead atoms. The molecule has 3 N–H and O–H groups in total. The number of nitrogens with one attached hydrogen (secondary N) is 3. The van der Waals surface area contributed by atoms with Gasteiger partial charge in [-0.05, 0) is 102 Å². The molecule has 3 aromatic rings. The van der Waals surface area contributed by atoms with E-state index < -0.39 is 45.2 Å². The molecule has 1 aliphatic heterocycles. The Kier molecular flexibility index (Phi) is 13.4. The molecule has 286 valence electrons.